The average molecular weight is 237 g/mol. The van der Waals surface area contributed by atoms with E-state index in [1.54, 1.807) is 13.2 Å². The number of likely N-dealkylation sites (N-methyl/N-ethyl adjacent to an activating group) is 2. The molecule has 2 N–H and O–H groups in total. The lowest BCUT2D eigenvalue weighted by molar-refractivity contribution is -0.139. The van der Waals surface area contributed by atoms with E-state index in [-0.39, 0.29) is 0 Å². The van der Waals surface area contributed by atoms with Gasteiger partial charge in [-0.1, -0.05) is 6.07 Å². The van der Waals surface area contributed by atoms with Gasteiger partial charge in [0, 0.05) is 31.4 Å². The number of carbonyl (C=O) groups is 1. The van der Waals surface area contributed by atoms with Crippen LogP contribution in [0.3, 0.4) is 0 Å². The highest BCUT2D eigenvalue weighted by Gasteiger charge is 2.16. The predicted molar refractivity (Wildman–Crippen MR) is 65.9 cm³/mol. The van der Waals surface area contributed by atoms with Gasteiger partial charge in [0.1, 0.15) is 6.04 Å². The summed E-state index contributed by atoms with van der Waals surface area (Å²) in [6.45, 7) is 1.28. The minimum Gasteiger partial charge on any atom is -0.480 e. The van der Waals surface area contributed by atoms with Crippen LogP contribution in [0, 0.1) is 0 Å². The molecule has 1 aromatic rings. The van der Waals surface area contributed by atoms with Gasteiger partial charge in [-0.15, -0.1) is 0 Å². The number of aromatic nitrogens is 1. The monoisotopic (exact) mass is 237 g/mol. The molecule has 1 atom stereocenters. The third-order valence-electron chi connectivity index (χ3n) is 2.62. The van der Waals surface area contributed by atoms with E-state index in [9.17, 15) is 4.79 Å². The van der Waals surface area contributed by atoms with Gasteiger partial charge in [-0.25, -0.2) is 0 Å². The van der Waals surface area contributed by atoms with E-state index >= 15 is 0 Å². The molecule has 94 valence electrons. The van der Waals surface area contributed by atoms with Crippen molar-refractivity contribution in [2.45, 2.75) is 12.5 Å². The van der Waals surface area contributed by atoms with Crippen LogP contribution in [-0.2, 0) is 11.2 Å². The van der Waals surface area contributed by atoms with Crippen LogP contribution in [-0.4, -0.2) is 54.2 Å². The molecular weight excluding hydrogens is 218 g/mol. The van der Waals surface area contributed by atoms with Crippen LogP contribution in [0.25, 0.3) is 0 Å². The highest BCUT2D eigenvalue weighted by Crippen LogP contribution is 1.97. The van der Waals surface area contributed by atoms with Crippen LogP contribution < -0.4 is 5.32 Å². The van der Waals surface area contributed by atoms with Crippen molar-refractivity contribution >= 4 is 5.97 Å². The summed E-state index contributed by atoms with van der Waals surface area (Å²) in [7, 11) is 3.57. The van der Waals surface area contributed by atoms with Gasteiger partial charge >= 0.3 is 5.97 Å². The van der Waals surface area contributed by atoms with Gasteiger partial charge in [0.05, 0.1) is 0 Å². The summed E-state index contributed by atoms with van der Waals surface area (Å²) in [5.41, 5.74) is 1.02. The number of aliphatic carboxylic acids is 1. The third-order valence-corrected chi connectivity index (χ3v) is 2.62. The Bertz CT molecular complexity index is 343. The molecule has 1 rings (SSSR count). The fourth-order valence-electron chi connectivity index (χ4n) is 1.55. The molecule has 0 saturated heterocycles. The average Bonchev–Trinajstić information content (AvgIpc) is 2.34. The largest absolute Gasteiger partial charge is 0.480 e. The molecule has 1 aromatic heterocycles. The van der Waals surface area contributed by atoms with E-state index in [0.717, 1.165) is 18.7 Å². The van der Waals surface area contributed by atoms with Gasteiger partial charge < -0.3 is 15.3 Å². The topological polar surface area (TPSA) is 65.5 Å². The lowest BCUT2D eigenvalue weighted by atomic mass is 10.2. The van der Waals surface area contributed by atoms with Crippen molar-refractivity contribution in [3.8, 4) is 0 Å². The lowest BCUT2D eigenvalue weighted by Crippen LogP contribution is -2.43. The summed E-state index contributed by atoms with van der Waals surface area (Å²) in [5, 5.41) is 11.7. The van der Waals surface area contributed by atoms with Crippen LogP contribution in [0.1, 0.15) is 5.69 Å². The Balaban J connectivity index is 2.34. The quantitative estimate of drug-likeness (QED) is 0.710. The molecule has 5 nitrogen and oxygen atoms in total. The molecule has 0 saturated carbocycles. The summed E-state index contributed by atoms with van der Waals surface area (Å²) in [4.78, 5) is 17.1. The maximum atomic E-state index is 10.8. The Morgan fingerprint density at radius 1 is 1.59 bits per heavy atom. The molecule has 0 aliphatic rings. The van der Waals surface area contributed by atoms with Crippen LogP contribution in [0.2, 0.25) is 0 Å². The second kappa shape index (κ2) is 6.98. The molecule has 0 fully saturated rings. The first-order valence-electron chi connectivity index (χ1n) is 5.62. The molecule has 0 bridgehead atoms. The van der Waals surface area contributed by atoms with Gasteiger partial charge in [-0.2, -0.15) is 0 Å². The molecular formula is C12H19N3O2. The van der Waals surface area contributed by atoms with Crippen molar-refractivity contribution in [3.63, 3.8) is 0 Å². The van der Waals surface area contributed by atoms with Crippen LogP contribution in [0.15, 0.2) is 24.4 Å². The highest BCUT2D eigenvalue weighted by atomic mass is 16.4. The Kier molecular flexibility index (Phi) is 5.59. The summed E-state index contributed by atoms with van der Waals surface area (Å²) in [6.07, 6.45) is 2.59. The normalized spacial score (nSPS) is 12.6. The number of rotatable bonds is 7. The molecule has 0 aliphatic carbocycles. The minimum absolute atomic E-state index is 0.485. The SMILES string of the molecule is CNC(CN(C)CCc1ccccn1)C(=O)O. The maximum Gasteiger partial charge on any atom is 0.322 e. The number of pyridine rings is 1. The maximum absolute atomic E-state index is 10.8. The Morgan fingerprint density at radius 2 is 2.35 bits per heavy atom. The fraction of sp³-hybridized carbons (Fsp3) is 0.500. The Morgan fingerprint density at radius 3 is 2.88 bits per heavy atom. The Hall–Kier alpha value is -1.46. The molecule has 0 aromatic carbocycles. The van der Waals surface area contributed by atoms with Crippen molar-refractivity contribution in [2.75, 3.05) is 27.2 Å². The standard InChI is InChI=1S/C12H19N3O2/c1-13-11(12(16)17)9-15(2)8-6-10-5-3-4-7-14-10/h3-5,7,11,13H,6,8-9H2,1-2H3,(H,16,17). The van der Waals surface area contributed by atoms with Gasteiger partial charge in [0.2, 0.25) is 0 Å². The molecule has 17 heavy (non-hydrogen) atoms. The first-order valence-corrected chi connectivity index (χ1v) is 5.62. The third kappa shape index (κ3) is 4.93. The number of carboxylic acid groups (broad SMARTS) is 1. The van der Waals surface area contributed by atoms with Crippen molar-refractivity contribution in [1.29, 1.82) is 0 Å². The second-order valence-electron chi connectivity index (χ2n) is 4.01. The van der Waals surface area contributed by atoms with Crippen molar-refractivity contribution in [2.24, 2.45) is 0 Å². The van der Waals surface area contributed by atoms with E-state index in [0.29, 0.717) is 6.54 Å². The molecule has 1 unspecified atom stereocenters. The fourth-order valence-corrected chi connectivity index (χ4v) is 1.55. The zero-order valence-electron chi connectivity index (χ0n) is 10.3. The molecule has 0 radical (unpaired) electrons. The van der Waals surface area contributed by atoms with Crippen molar-refractivity contribution < 1.29 is 9.90 Å². The molecule has 0 spiro atoms. The van der Waals surface area contributed by atoms with Crippen LogP contribution >= 0.6 is 0 Å². The molecule has 5 heteroatoms. The molecule has 1 heterocycles. The number of nitrogens with zero attached hydrogens (tertiary/aromatic N) is 2. The van der Waals surface area contributed by atoms with E-state index in [4.69, 9.17) is 5.11 Å². The number of nitrogens with one attached hydrogen (secondary N) is 1. The van der Waals surface area contributed by atoms with E-state index in [1.165, 1.54) is 0 Å². The van der Waals surface area contributed by atoms with E-state index in [2.05, 4.69) is 10.3 Å². The van der Waals surface area contributed by atoms with Crippen LogP contribution in [0.4, 0.5) is 0 Å². The summed E-state index contributed by atoms with van der Waals surface area (Å²) >= 11 is 0. The highest BCUT2D eigenvalue weighted by molar-refractivity contribution is 5.73. The smallest absolute Gasteiger partial charge is 0.322 e. The summed E-state index contributed by atoms with van der Waals surface area (Å²) in [6, 6.07) is 5.29. The second-order valence-corrected chi connectivity index (χ2v) is 4.01. The predicted octanol–water partition coefficient (Wildman–Crippen LogP) is 0.228. The number of hydrogen-bond donors (Lipinski definition) is 2. The lowest BCUT2D eigenvalue weighted by Gasteiger charge is -2.20. The summed E-state index contributed by atoms with van der Waals surface area (Å²) < 4.78 is 0. The minimum atomic E-state index is -0.822. The number of hydrogen-bond acceptors (Lipinski definition) is 4. The molecule has 0 amide bonds. The van der Waals surface area contributed by atoms with Crippen LogP contribution in [0.5, 0.6) is 0 Å². The zero-order valence-corrected chi connectivity index (χ0v) is 10.3. The van der Waals surface area contributed by atoms with Gasteiger partial charge in [0.15, 0.2) is 0 Å². The van der Waals surface area contributed by atoms with Crippen molar-refractivity contribution in [3.05, 3.63) is 30.1 Å². The van der Waals surface area contributed by atoms with Gasteiger partial charge in [-0.05, 0) is 26.2 Å². The molecule has 0 aliphatic heterocycles. The van der Waals surface area contributed by atoms with Crippen molar-refractivity contribution in [1.82, 2.24) is 15.2 Å². The Labute approximate surface area is 101 Å². The number of carboxylic acids is 1. The first kappa shape index (κ1) is 13.6. The van der Waals surface area contributed by atoms with Gasteiger partial charge in [0.25, 0.3) is 0 Å². The zero-order chi connectivity index (χ0) is 12.7. The van der Waals surface area contributed by atoms with E-state index in [1.807, 2.05) is 30.1 Å². The van der Waals surface area contributed by atoms with Gasteiger partial charge in [-0.3, -0.25) is 9.78 Å². The van der Waals surface area contributed by atoms with E-state index < -0.39 is 12.0 Å². The first-order chi connectivity index (χ1) is 8.13. The summed E-state index contributed by atoms with van der Waals surface area (Å²) in [5.74, 6) is -0.822.